The van der Waals surface area contributed by atoms with Crippen molar-refractivity contribution in [3.8, 4) is 22.6 Å². The predicted octanol–water partition coefficient (Wildman–Crippen LogP) is 3.63. The van der Waals surface area contributed by atoms with Gasteiger partial charge in [-0.3, -0.25) is 4.79 Å². The second kappa shape index (κ2) is 7.29. The molecular weight excluding hydrogens is 398 g/mol. The summed E-state index contributed by atoms with van der Waals surface area (Å²) in [6, 6.07) is 11.9. The van der Waals surface area contributed by atoms with Crippen LogP contribution >= 0.6 is 15.9 Å². The minimum Gasteiger partial charge on any atom is -0.488 e. The molecule has 6 heteroatoms. The summed E-state index contributed by atoms with van der Waals surface area (Å²) in [7, 11) is 0. The number of morpholine rings is 1. The lowest BCUT2D eigenvalue weighted by molar-refractivity contribution is -0.142. The van der Waals surface area contributed by atoms with Gasteiger partial charge >= 0.3 is 0 Å². The molecule has 0 N–H and O–H groups in total. The minimum atomic E-state index is -0.545. The molecule has 0 bridgehead atoms. The number of carbonyl (C=O) groups excluding carboxylic acids is 1. The summed E-state index contributed by atoms with van der Waals surface area (Å²) in [5.74, 6) is 1.40. The molecule has 5 nitrogen and oxygen atoms in total. The fourth-order valence-electron chi connectivity index (χ4n) is 3.29. The van der Waals surface area contributed by atoms with Gasteiger partial charge in [-0.2, -0.15) is 0 Å². The summed E-state index contributed by atoms with van der Waals surface area (Å²) in [6.45, 7) is 4.71. The average Bonchev–Trinajstić information content (AvgIpc) is 2.67. The van der Waals surface area contributed by atoms with Crippen molar-refractivity contribution in [3.05, 3.63) is 46.4 Å². The van der Waals surface area contributed by atoms with Gasteiger partial charge < -0.3 is 19.1 Å². The third-order valence-corrected chi connectivity index (χ3v) is 5.17. The Morgan fingerprint density at radius 1 is 1.15 bits per heavy atom. The van der Waals surface area contributed by atoms with Gasteiger partial charge in [0, 0.05) is 29.2 Å². The maximum absolute atomic E-state index is 12.5. The molecule has 4 rings (SSSR count). The van der Waals surface area contributed by atoms with Crippen molar-refractivity contribution in [1.29, 1.82) is 0 Å². The van der Waals surface area contributed by atoms with Crippen LogP contribution in [0.1, 0.15) is 12.5 Å². The molecule has 2 aromatic rings. The highest BCUT2D eigenvalue weighted by molar-refractivity contribution is 9.10. The highest BCUT2D eigenvalue weighted by Crippen LogP contribution is 2.40. The first-order chi connectivity index (χ1) is 12.6. The van der Waals surface area contributed by atoms with Gasteiger partial charge in [-0.05, 0) is 42.3 Å². The third kappa shape index (κ3) is 3.44. The van der Waals surface area contributed by atoms with Gasteiger partial charge in [0.15, 0.2) is 6.10 Å². The number of ether oxygens (including phenoxy) is 3. The lowest BCUT2D eigenvalue weighted by atomic mass is 9.97. The van der Waals surface area contributed by atoms with Crippen LogP contribution in [0.25, 0.3) is 11.1 Å². The van der Waals surface area contributed by atoms with Crippen molar-refractivity contribution in [2.24, 2.45) is 0 Å². The molecule has 2 aliphatic heterocycles. The van der Waals surface area contributed by atoms with E-state index >= 15 is 0 Å². The average molecular weight is 418 g/mol. The molecule has 1 fully saturated rings. The third-order valence-electron chi connectivity index (χ3n) is 4.68. The van der Waals surface area contributed by atoms with Gasteiger partial charge in [0.1, 0.15) is 18.1 Å². The number of hydrogen-bond acceptors (Lipinski definition) is 4. The van der Waals surface area contributed by atoms with Gasteiger partial charge in [-0.15, -0.1) is 0 Å². The maximum atomic E-state index is 12.5. The van der Waals surface area contributed by atoms with Crippen LogP contribution < -0.4 is 9.47 Å². The van der Waals surface area contributed by atoms with Crippen LogP contribution in [0.2, 0.25) is 0 Å². The number of rotatable bonds is 3. The Morgan fingerprint density at radius 2 is 1.96 bits per heavy atom. The van der Waals surface area contributed by atoms with Crippen molar-refractivity contribution in [2.45, 2.75) is 19.6 Å². The molecule has 1 amide bonds. The highest BCUT2D eigenvalue weighted by atomic mass is 79.9. The zero-order valence-electron chi connectivity index (χ0n) is 14.5. The van der Waals surface area contributed by atoms with E-state index in [0.29, 0.717) is 38.7 Å². The van der Waals surface area contributed by atoms with Crippen LogP contribution in [-0.2, 0) is 16.1 Å². The Kier molecular flexibility index (Phi) is 4.87. The topological polar surface area (TPSA) is 48.0 Å². The SMILES string of the molecule is C[C@@H](Oc1ccc2c(c1)OCc1ccc(Br)cc1-2)C(=O)N1CCOCC1. The standard InChI is InChI=1S/C20H20BrNO4/c1-13(20(23)22-6-8-24-9-7-22)26-16-4-5-17-18-10-15(21)3-2-14(18)12-25-19(17)11-16/h2-5,10-11,13H,6-9,12H2,1H3/t13-/m1/s1. The van der Waals surface area contributed by atoms with E-state index in [4.69, 9.17) is 14.2 Å². The van der Waals surface area contributed by atoms with Gasteiger partial charge in [-0.25, -0.2) is 0 Å². The molecule has 136 valence electrons. The molecule has 2 aliphatic rings. The first kappa shape index (κ1) is 17.4. The van der Waals surface area contributed by atoms with Gasteiger partial charge in [0.25, 0.3) is 5.91 Å². The molecule has 0 aromatic heterocycles. The van der Waals surface area contributed by atoms with Crippen LogP contribution in [0.15, 0.2) is 40.9 Å². The number of fused-ring (bicyclic) bond motifs is 3. The van der Waals surface area contributed by atoms with Crippen molar-refractivity contribution in [2.75, 3.05) is 26.3 Å². The Bertz CT molecular complexity index is 833. The van der Waals surface area contributed by atoms with Crippen LogP contribution in [0.5, 0.6) is 11.5 Å². The Balaban J connectivity index is 1.52. The van der Waals surface area contributed by atoms with E-state index in [1.54, 1.807) is 11.8 Å². The molecule has 26 heavy (non-hydrogen) atoms. The zero-order chi connectivity index (χ0) is 18.1. The smallest absolute Gasteiger partial charge is 0.263 e. The van der Waals surface area contributed by atoms with E-state index in [2.05, 4.69) is 28.1 Å². The molecule has 0 radical (unpaired) electrons. The molecule has 2 aromatic carbocycles. The molecule has 1 saturated heterocycles. The van der Waals surface area contributed by atoms with Crippen molar-refractivity contribution in [1.82, 2.24) is 4.90 Å². The predicted molar refractivity (Wildman–Crippen MR) is 101 cm³/mol. The Hall–Kier alpha value is -2.05. The fourth-order valence-corrected chi connectivity index (χ4v) is 3.66. The number of hydrogen-bond donors (Lipinski definition) is 0. The van der Waals surface area contributed by atoms with Crippen molar-refractivity contribution < 1.29 is 19.0 Å². The number of amides is 1. The molecule has 2 heterocycles. The summed E-state index contributed by atoms with van der Waals surface area (Å²) in [6.07, 6.45) is -0.545. The first-order valence-electron chi connectivity index (χ1n) is 8.70. The van der Waals surface area contributed by atoms with E-state index in [1.165, 1.54) is 0 Å². The number of benzene rings is 2. The summed E-state index contributed by atoms with van der Waals surface area (Å²) < 4.78 is 18.1. The van der Waals surface area contributed by atoms with E-state index in [-0.39, 0.29) is 5.91 Å². The van der Waals surface area contributed by atoms with Crippen LogP contribution in [-0.4, -0.2) is 43.2 Å². The lowest BCUT2D eigenvalue weighted by Gasteiger charge is -2.29. The van der Waals surface area contributed by atoms with Crippen molar-refractivity contribution in [3.63, 3.8) is 0 Å². The van der Waals surface area contributed by atoms with Gasteiger partial charge in [0.05, 0.1) is 13.2 Å². The van der Waals surface area contributed by atoms with Crippen LogP contribution in [0.3, 0.4) is 0 Å². The van der Waals surface area contributed by atoms with Crippen molar-refractivity contribution >= 4 is 21.8 Å². The summed E-state index contributed by atoms with van der Waals surface area (Å²) in [4.78, 5) is 14.3. The lowest BCUT2D eigenvalue weighted by Crippen LogP contribution is -2.46. The number of nitrogens with zero attached hydrogens (tertiary/aromatic N) is 1. The summed E-state index contributed by atoms with van der Waals surface area (Å²) in [5.41, 5.74) is 3.35. The number of halogens is 1. The minimum absolute atomic E-state index is 0.0128. The highest BCUT2D eigenvalue weighted by Gasteiger charge is 2.25. The number of carbonyl (C=O) groups is 1. The zero-order valence-corrected chi connectivity index (χ0v) is 16.1. The maximum Gasteiger partial charge on any atom is 0.263 e. The van der Waals surface area contributed by atoms with E-state index in [0.717, 1.165) is 26.9 Å². The second-order valence-corrected chi connectivity index (χ2v) is 7.36. The Labute approximate surface area is 161 Å². The van der Waals surface area contributed by atoms with Gasteiger partial charge in [0.2, 0.25) is 0 Å². The molecule has 0 aliphatic carbocycles. The molecule has 0 spiro atoms. The van der Waals surface area contributed by atoms with Gasteiger partial charge in [-0.1, -0.05) is 22.0 Å². The monoisotopic (exact) mass is 417 g/mol. The normalized spacial score (nSPS) is 16.9. The van der Waals surface area contributed by atoms with E-state index in [1.807, 2.05) is 24.3 Å². The molecular formula is C20H20BrNO4. The molecule has 1 atom stereocenters. The summed E-state index contributed by atoms with van der Waals surface area (Å²) >= 11 is 3.53. The molecule has 0 saturated carbocycles. The van der Waals surface area contributed by atoms with Crippen LogP contribution in [0.4, 0.5) is 0 Å². The van der Waals surface area contributed by atoms with Crippen LogP contribution in [0, 0.1) is 0 Å². The quantitative estimate of drug-likeness (QED) is 0.764. The molecule has 0 unspecified atom stereocenters. The summed E-state index contributed by atoms with van der Waals surface area (Å²) in [5, 5.41) is 0. The second-order valence-electron chi connectivity index (χ2n) is 6.45. The largest absolute Gasteiger partial charge is 0.488 e. The van der Waals surface area contributed by atoms with E-state index < -0.39 is 6.10 Å². The first-order valence-corrected chi connectivity index (χ1v) is 9.50. The fraction of sp³-hybridized carbons (Fsp3) is 0.350. The van der Waals surface area contributed by atoms with E-state index in [9.17, 15) is 4.79 Å². The Morgan fingerprint density at radius 3 is 2.77 bits per heavy atom.